The van der Waals surface area contributed by atoms with Gasteiger partial charge < -0.3 is 4.74 Å². The van der Waals surface area contributed by atoms with Crippen molar-refractivity contribution in [3.05, 3.63) is 70.1 Å². The van der Waals surface area contributed by atoms with E-state index in [4.69, 9.17) is 10.3 Å². The molecule has 98 valence electrons. The third-order valence-corrected chi connectivity index (χ3v) is 3.28. The van der Waals surface area contributed by atoms with E-state index >= 15 is 0 Å². The molecule has 1 heterocycles. The predicted octanol–water partition coefficient (Wildman–Crippen LogP) is 4.95. The van der Waals surface area contributed by atoms with Crippen LogP contribution in [0, 0.1) is 0 Å². The molecule has 4 heteroatoms. The molecule has 0 N–H and O–H groups in total. The first-order valence-electron chi connectivity index (χ1n) is 6.45. The summed E-state index contributed by atoms with van der Waals surface area (Å²) >= 11 is 0. The molecular weight excluding hydrogens is 250 g/mol. The number of nitrogens with zero attached hydrogens (tertiary/aromatic N) is 3. The maximum absolute atomic E-state index is 8.63. The van der Waals surface area contributed by atoms with Gasteiger partial charge in [0, 0.05) is 22.6 Å². The summed E-state index contributed by atoms with van der Waals surface area (Å²) in [6, 6.07) is 15.6. The number of hydrogen-bond donors (Lipinski definition) is 0. The van der Waals surface area contributed by atoms with Gasteiger partial charge in [0.1, 0.15) is 5.75 Å². The van der Waals surface area contributed by atoms with Gasteiger partial charge in [-0.3, -0.25) is 0 Å². The van der Waals surface area contributed by atoms with Crippen LogP contribution in [0.25, 0.3) is 22.1 Å². The van der Waals surface area contributed by atoms with E-state index < -0.39 is 0 Å². The van der Waals surface area contributed by atoms with Gasteiger partial charge in [-0.05, 0) is 22.7 Å². The molecule has 1 aliphatic rings. The number of azide groups is 1. The topological polar surface area (TPSA) is 58.0 Å². The first kappa shape index (κ1) is 12.3. The zero-order valence-corrected chi connectivity index (χ0v) is 10.9. The molecule has 0 fully saturated rings. The Balaban J connectivity index is 2.08. The molecule has 4 nitrogen and oxygen atoms in total. The van der Waals surface area contributed by atoms with E-state index in [1.54, 1.807) is 0 Å². The number of rotatable bonds is 2. The smallest absolute Gasteiger partial charge is 0.126 e. The maximum Gasteiger partial charge on any atom is 0.126 e. The Kier molecular flexibility index (Phi) is 3.40. The van der Waals surface area contributed by atoms with Gasteiger partial charge in [-0.15, -0.1) is 0 Å². The number of para-hydroxylation sites is 1. The summed E-state index contributed by atoms with van der Waals surface area (Å²) in [6.07, 6.45) is 2.92. The molecule has 0 atom stereocenters. The van der Waals surface area contributed by atoms with Crippen LogP contribution in [0.3, 0.4) is 0 Å². The SMILES string of the molecule is [N-]=[N+]=Nc1ccccc1/C=C1\CCOc2ccccc21. The van der Waals surface area contributed by atoms with Crippen molar-refractivity contribution < 1.29 is 4.74 Å². The van der Waals surface area contributed by atoms with Gasteiger partial charge in [0.05, 0.1) is 6.61 Å². The van der Waals surface area contributed by atoms with Crippen LogP contribution in [0.15, 0.2) is 53.6 Å². The quantitative estimate of drug-likeness (QED) is 0.429. The van der Waals surface area contributed by atoms with Crippen LogP contribution in [0.1, 0.15) is 17.5 Å². The molecule has 20 heavy (non-hydrogen) atoms. The highest BCUT2D eigenvalue weighted by atomic mass is 16.5. The van der Waals surface area contributed by atoms with Crippen molar-refractivity contribution in [1.29, 1.82) is 0 Å². The van der Waals surface area contributed by atoms with Crippen LogP contribution < -0.4 is 4.74 Å². The second-order valence-electron chi connectivity index (χ2n) is 4.51. The molecule has 0 saturated carbocycles. The molecule has 2 aromatic carbocycles. The lowest BCUT2D eigenvalue weighted by Crippen LogP contribution is -2.07. The second kappa shape index (κ2) is 5.51. The van der Waals surface area contributed by atoms with Gasteiger partial charge in [-0.1, -0.05) is 53.7 Å². The van der Waals surface area contributed by atoms with Crippen molar-refractivity contribution in [2.75, 3.05) is 6.61 Å². The fourth-order valence-corrected chi connectivity index (χ4v) is 2.35. The molecule has 0 aromatic heterocycles. The van der Waals surface area contributed by atoms with Crippen LogP contribution in [-0.2, 0) is 0 Å². The number of hydrogen-bond acceptors (Lipinski definition) is 2. The average Bonchev–Trinajstić information content (AvgIpc) is 2.50. The van der Waals surface area contributed by atoms with Crippen molar-refractivity contribution >= 4 is 17.3 Å². The Morgan fingerprint density at radius 2 is 1.90 bits per heavy atom. The maximum atomic E-state index is 8.63. The highest BCUT2D eigenvalue weighted by Crippen LogP contribution is 2.35. The van der Waals surface area contributed by atoms with Crippen molar-refractivity contribution in [1.82, 2.24) is 0 Å². The molecule has 1 aliphatic heterocycles. The van der Waals surface area contributed by atoms with Gasteiger partial charge in [0.2, 0.25) is 0 Å². The normalized spacial score (nSPS) is 15.1. The van der Waals surface area contributed by atoms with Crippen LogP contribution in [0.4, 0.5) is 5.69 Å². The third-order valence-electron chi connectivity index (χ3n) is 3.28. The summed E-state index contributed by atoms with van der Waals surface area (Å²) in [5.74, 6) is 0.909. The Morgan fingerprint density at radius 1 is 1.10 bits per heavy atom. The highest BCUT2D eigenvalue weighted by molar-refractivity contribution is 5.87. The molecule has 0 saturated heterocycles. The lowest BCUT2D eigenvalue weighted by molar-refractivity contribution is 0.317. The van der Waals surface area contributed by atoms with E-state index in [1.807, 2.05) is 42.5 Å². The zero-order valence-electron chi connectivity index (χ0n) is 10.9. The van der Waals surface area contributed by atoms with Gasteiger partial charge in [-0.2, -0.15) is 0 Å². The van der Waals surface area contributed by atoms with E-state index in [0.717, 1.165) is 23.3 Å². The Bertz CT molecular complexity index is 715. The molecule has 0 spiro atoms. The highest BCUT2D eigenvalue weighted by Gasteiger charge is 2.14. The number of ether oxygens (including phenoxy) is 1. The van der Waals surface area contributed by atoms with Gasteiger partial charge in [-0.25, -0.2) is 0 Å². The van der Waals surface area contributed by atoms with Gasteiger partial charge in [0.25, 0.3) is 0 Å². The van der Waals surface area contributed by atoms with Crippen LogP contribution in [-0.4, -0.2) is 6.61 Å². The molecule has 0 radical (unpaired) electrons. The van der Waals surface area contributed by atoms with Crippen molar-refractivity contribution in [2.45, 2.75) is 6.42 Å². The van der Waals surface area contributed by atoms with Gasteiger partial charge >= 0.3 is 0 Å². The summed E-state index contributed by atoms with van der Waals surface area (Å²) < 4.78 is 5.65. The summed E-state index contributed by atoms with van der Waals surface area (Å²) in [6.45, 7) is 0.673. The Labute approximate surface area is 117 Å². The largest absolute Gasteiger partial charge is 0.493 e. The van der Waals surface area contributed by atoms with E-state index in [-0.39, 0.29) is 0 Å². The summed E-state index contributed by atoms with van der Waals surface area (Å²) in [5.41, 5.74) is 12.5. The summed E-state index contributed by atoms with van der Waals surface area (Å²) in [4.78, 5) is 2.88. The van der Waals surface area contributed by atoms with Crippen LogP contribution >= 0.6 is 0 Å². The second-order valence-corrected chi connectivity index (χ2v) is 4.51. The lowest BCUT2D eigenvalue weighted by atomic mass is 9.97. The molecule has 2 aromatic rings. The predicted molar refractivity (Wildman–Crippen MR) is 79.7 cm³/mol. The first-order chi connectivity index (χ1) is 9.88. The molecule has 0 bridgehead atoms. The van der Waals surface area contributed by atoms with E-state index in [0.29, 0.717) is 12.3 Å². The minimum Gasteiger partial charge on any atom is -0.493 e. The molecule has 0 aliphatic carbocycles. The van der Waals surface area contributed by atoms with Crippen LogP contribution in [0.2, 0.25) is 0 Å². The van der Waals surface area contributed by atoms with Crippen molar-refractivity contribution in [2.24, 2.45) is 5.11 Å². The number of fused-ring (bicyclic) bond motifs is 1. The molecular formula is C16H13N3O. The van der Waals surface area contributed by atoms with E-state index in [1.165, 1.54) is 5.57 Å². The number of benzene rings is 2. The fourth-order valence-electron chi connectivity index (χ4n) is 2.35. The van der Waals surface area contributed by atoms with Crippen LogP contribution in [0.5, 0.6) is 5.75 Å². The minimum absolute atomic E-state index is 0.645. The van der Waals surface area contributed by atoms with Crippen molar-refractivity contribution in [3.63, 3.8) is 0 Å². The molecule has 3 rings (SSSR count). The third kappa shape index (κ3) is 2.37. The summed E-state index contributed by atoms with van der Waals surface area (Å²) in [7, 11) is 0. The monoisotopic (exact) mass is 263 g/mol. The van der Waals surface area contributed by atoms with E-state index in [2.05, 4.69) is 22.2 Å². The zero-order chi connectivity index (χ0) is 13.8. The van der Waals surface area contributed by atoms with Gasteiger partial charge in [0.15, 0.2) is 0 Å². The van der Waals surface area contributed by atoms with E-state index in [9.17, 15) is 0 Å². The molecule has 0 unspecified atom stereocenters. The molecule has 0 amide bonds. The first-order valence-corrected chi connectivity index (χ1v) is 6.45. The van der Waals surface area contributed by atoms with Crippen molar-refractivity contribution in [3.8, 4) is 5.75 Å². The fraction of sp³-hybridized carbons (Fsp3) is 0.125. The Hall–Kier alpha value is -2.71. The Morgan fingerprint density at radius 3 is 2.80 bits per heavy atom. The minimum atomic E-state index is 0.645. The summed E-state index contributed by atoms with van der Waals surface area (Å²) in [5, 5.41) is 3.73. The average molecular weight is 263 g/mol. The lowest BCUT2D eigenvalue weighted by Gasteiger charge is -2.20. The standard InChI is InChI=1S/C16H13N3O/c17-19-18-15-7-3-1-5-13(15)11-12-9-10-20-16-8-4-2-6-14(12)16/h1-8,11H,9-10H2/b12-11+.